The first-order valence-corrected chi connectivity index (χ1v) is 19.3. The number of para-hydroxylation sites is 2. The lowest BCUT2D eigenvalue weighted by molar-refractivity contribution is -0.152. The highest BCUT2D eigenvalue weighted by Crippen LogP contribution is 2.32. The van der Waals surface area contributed by atoms with E-state index in [1.807, 2.05) is 30.3 Å². The Labute approximate surface area is 340 Å². The molecule has 2 heterocycles. The van der Waals surface area contributed by atoms with Crippen molar-refractivity contribution in [2.75, 3.05) is 25.3 Å². The lowest BCUT2D eigenvalue weighted by atomic mass is 10.0. The molecule has 0 aliphatic carbocycles. The van der Waals surface area contributed by atoms with Crippen molar-refractivity contribution in [2.24, 2.45) is 0 Å². The molecule has 17 heteroatoms. The van der Waals surface area contributed by atoms with Crippen LogP contribution in [0.4, 0.5) is 15.3 Å². The Morgan fingerprint density at radius 1 is 0.831 bits per heavy atom. The number of unbranched alkanes of at least 4 members (excludes halogenated alkanes) is 1. The number of nitrogens with one attached hydrogen (secondary N) is 6. The Kier molecular flexibility index (Phi) is 15.1. The summed E-state index contributed by atoms with van der Waals surface area (Å²) in [4.78, 5) is 81.6. The Hall–Kier alpha value is -6.78. The number of aromatic nitrogens is 1. The highest BCUT2D eigenvalue weighted by molar-refractivity contribution is 5.94. The van der Waals surface area contributed by atoms with E-state index in [9.17, 15) is 33.9 Å². The quantitative estimate of drug-likeness (QED) is 0.0512. The summed E-state index contributed by atoms with van der Waals surface area (Å²) in [5.41, 5.74) is 2.03. The fourth-order valence-corrected chi connectivity index (χ4v) is 6.20. The highest BCUT2D eigenvalue weighted by Gasteiger charge is 2.32. The Morgan fingerprint density at radius 2 is 1.54 bits per heavy atom. The van der Waals surface area contributed by atoms with Gasteiger partial charge in [0.25, 0.3) is 0 Å². The van der Waals surface area contributed by atoms with Crippen LogP contribution in [0.25, 0.3) is 10.9 Å². The van der Waals surface area contributed by atoms with Gasteiger partial charge in [-0.3, -0.25) is 14.4 Å². The average molecular weight is 815 g/mol. The minimum Gasteiger partial charge on any atom is -0.481 e. The monoisotopic (exact) mass is 814 g/mol. The Balaban J connectivity index is 1.28. The molecule has 4 aromatic rings. The molecule has 0 saturated heterocycles. The standard InChI is InChI=1S/C42H50N6O11/c1-42(2,3)59-41(55)48-32(22-27-24-44-30-14-8-7-13-29(27)30)38(52)46-31(15-9-10-19-43-40(54)45-28-11-5-4-6-12-28)37(51)47-33(23-36(49)50)39(53)56-20-18-26-16-17-34-35(21-26)58-25-57-34/h4-8,11-14,16-17,21,24,31-33,44H,9-10,15,18-20,22-23,25H2,1-3H3,(H,46,52)(H,47,51)(H,48,55)(H,49,50)(H2,43,45,54)/t31-,32-,33-/m0/s1. The van der Waals surface area contributed by atoms with Crippen LogP contribution >= 0.6 is 0 Å². The van der Waals surface area contributed by atoms with Crippen LogP contribution in [-0.2, 0) is 41.5 Å². The number of H-pyrrole nitrogens is 1. The van der Waals surface area contributed by atoms with Crippen LogP contribution in [0.5, 0.6) is 11.5 Å². The number of anilines is 1. The van der Waals surface area contributed by atoms with E-state index in [4.69, 9.17) is 18.9 Å². The van der Waals surface area contributed by atoms with E-state index in [0.717, 1.165) is 16.5 Å². The van der Waals surface area contributed by atoms with E-state index in [1.54, 1.807) is 69.4 Å². The molecule has 0 spiro atoms. The summed E-state index contributed by atoms with van der Waals surface area (Å²) < 4.78 is 21.6. The van der Waals surface area contributed by atoms with Gasteiger partial charge in [-0.15, -0.1) is 0 Å². The van der Waals surface area contributed by atoms with E-state index >= 15 is 0 Å². The summed E-state index contributed by atoms with van der Waals surface area (Å²) in [6.45, 7) is 5.23. The van der Waals surface area contributed by atoms with Gasteiger partial charge in [-0.1, -0.05) is 42.5 Å². The van der Waals surface area contributed by atoms with Gasteiger partial charge in [0.1, 0.15) is 23.7 Å². The maximum absolute atomic E-state index is 14.1. The van der Waals surface area contributed by atoms with Gasteiger partial charge in [-0.05, 0) is 81.5 Å². The summed E-state index contributed by atoms with van der Waals surface area (Å²) in [5, 5.41) is 23.7. The van der Waals surface area contributed by atoms with E-state index < -0.39 is 66.0 Å². The maximum atomic E-state index is 14.1. The first kappa shape index (κ1) is 43.3. The summed E-state index contributed by atoms with van der Waals surface area (Å²) in [6, 6.07) is 17.0. The molecule has 314 valence electrons. The zero-order chi connectivity index (χ0) is 42.4. The maximum Gasteiger partial charge on any atom is 0.408 e. The van der Waals surface area contributed by atoms with Crippen molar-refractivity contribution >= 4 is 52.5 Å². The molecule has 0 radical (unpaired) electrons. The van der Waals surface area contributed by atoms with Crippen LogP contribution in [0.15, 0.2) is 79.0 Å². The second-order valence-electron chi connectivity index (χ2n) is 14.8. The number of ether oxygens (including phenoxy) is 4. The van der Waals surface area contributed by atoms with Crippen molar-refractivity contribution in [3.05, 3.63) is 90.1 Å². The number of benzene rings is 3. The third-order valence-corrected chi connectivity index (χ3v) is 9.03. The first-order chi connectivity index (χ1) is 28.2. The minimum atomic E-state index is -1.60. The molecule has 0 bridgehead atoms. The van der Waals surface area contributed by atoms with Crippen molar-refractivity contribution in [1.29, 1.82) is 0 Å². The number of carbonyl (C=O) groups excluding carboxylic acids is 5. The molecule has 7 N–H and O–H groups in total. The normalized spacial score (nSPS) is 13.3. The van der Waals surface area contributed by atoms with Crippen molar-refractivity contribution in [1.82, 2.24) is 26.3 Å². The predicted octanol–water partition coefficient (Wildman–Crippen LogP) is 4.55. The van der Waals surface area contributed by atoms with Crippen LogP contribution in [0.2, 0.25) is 0 Å². The molecule has 5 amide bonds. The number of carbonyl (C=O) groups is 6. The topological polar surface area (TPSA) is 236 Å². The van der Waals surface area contributed by atoms with E-state index in [0.29, 0.717) is 35.6 Å². The molecule has 3 atom stereocenters. The average Bonchev–Trinajstić information content (AvgIpc) is 3.83. The van der Waals surface area contributed by atoms with Crippen molar-refractivity contribution in [3.63, 3.8) is 0 Å². The molecule has 1 aliphatic heterocycles. The van der Waals surface area contributed by atoms with E-state index in [1.165, 1.54) is 0 Å². The van der Waals surface area contributed by atoms with Gasteiger partial charge < -0.3 is 55.6 Å². The molecule has 1 aliphatic rings. The largest absolute Gasteiger partial charge is 0.481 e. The highest BCUT2D eigenvalue weighted by atomic mass is 16.7. The number of carboxylic acid groups (broad SMARTS) is 1. The lowest BCUT2D eigenvalue weighted by Crippen LogP contribution is -2.56. The number of aromatic amines is 1. The number of carboxylic acids is 1. The SMILES string of the molecule is CC(C)(C)OC(=O)N[C@@H](Cc1c[nH]c2ccccc12)C(=O)N[C@@H](CCCCNC(=O)Nc1ccccc1)C(=O)N[C@@H](CC(=O)O)C(=O)OCCc1ccc2c(c1)OCO2. The third kappa shape index (κ3) is 13.7. The summed E-state index contributed by atoms with van der Waals surface area (Å²) >= 11 is 0. The van der Waals surface area contributed by atoms with E-state index in [-0.39, 0.29) is 39.2 Å². The smallest absolute Gasteiger partial charge is 0.408 e. The van der Waals surface area contributed by atoms with Crippen molar-refractivity contribution < 1.29 is 52.8 Å². The number of hydrogen-bond acceptors (Lipinski definition) is 10. The van der Waals surface area contributed by atoms with Gasteiger partial charge >= 0.3 is 24.1 Å². The lowest BCUT2D eigenvalue weighted by Gasteiger charge is -2.26. The summed E-state index contributed by atoms with van der Waals surface area (Å²) in [6.07, 6.45) is 1.07. The molecule has 0 unspecified atom stereocenters. The molecule has 5 rings (SSSR count). The predicted molar refractivity (Wildman–Crippen MR) is 216 cm³/mol. The number of urea groups is 1. The fourth-order valence-electron chi connectivity index (χ4n) is 6.20. The van der Waals surface area contributed by atoms with Crippen LogP contribution in [0.3, 0.4) is 0 Å². The van der Waals surface area contributed by atoms with Gasteiger partial charge in [0, 0.05) is 42.2 Å². The molecule has 59 heavy (non-hydrogen) atoms. The second kappa shape index (κ2) is 20.6. The molecule has 3 aromatic carbocycles. The number of esters is 1. The first-order valence-electron chi connectivity index (χ1n) is 19.3. The van der Waals surface area contributed by atoms with Gasteiger partial charge in [-0.25, -0.2) is 14.4 Å². The molecular formula is C42H50N6O11. The van der Waals surface area contributed by atoms with Crippen LogP contribution < -0.4 is 36.1 Å². The number of aliphatic carboxylic acids is 1. The summed E-state index contributed by atoms with van der Waals surface area (Å²) in [5.74, 6) is -2.80. The molecular weight excluding hydrogens is 764 g/mol. The van der Waals surface area contributed by atoms with E-state index in [2.05, 4.69) is 31.6 Å². The van der Waals surface area contributed by atoms with Gasteiger partial charge in [0.05, 0.1) is 13.0 Å². The molecule has 0 saturated carbocycles. The molecule has 1 aromatic heterocycles. The van der Waals surface area contributed by atoms with Crippen molar-refractivity contribution in [3.8, 4) is 11.5 Å². The Bertz CT molecular complexity index is 2100. The number of fused-ring (bicyclic) bond motifs is 2. The van der Waals surface area contributed by atoms with Crippen LogP contribution in [0.1, 0.15) is 57.6 Å². The zero-order valence-electron chi connectivity index (χ0n) is 33.1. The summed E-state index contributed by atoms with van der Waals surface area (Å²) in [7, 11) is 0. The van der Waals surface area contributed by atoms with Gasteiger partial charge in [0.15, 0.2) is 11.5 Å². The number of hydrogen-bond donors (Lipinski definition) is 7. The number of alkyl carbamates (subject to hydrolysis) is 1. The zero-order valence-corrected chi connectivity index (χ0v) is 33.1. The van der Waals surface area contributed by atoms with Gasteiger partial charge in [0.2, 0.25) is 18.6 Å². The second-order valence-corrected chi connectivity index (χ2v) is 14.8. The van der Waals surface area contributed by atoms with Crippen LogP contribution in [0, 0.1) is 0 Å². The fraction of sp³-hybridized carbons (Fsp3) is 0.381. The number of rotatable bonds is 19. The molecule has 0 fully saturated rings. The number of amides is 5. The van der Waals surface area contributed by atoms with Crippen molar-refractivity contribution in [2.45, 2.75) is 83.0 Å². The third-order valence-electron chi connectivity index (χ3n) is 9.03. The molecule has 17 nitrogen and oxygen atoms in total. The Morgan fingerprint density at radius 3 is 2.31 bits per heavy atom. The van der Waals surface area contributed by atoms with Gasteiger partial charge in [-0.2, -0.15) is 0 Å². The minimum absolute atomic E-state index is 0.0151. The van der Waals surface area contributed by atoms with Crippen LogP contribution in [-0.4, -0.2) is 89.6 Å².